The van der Waals surface area contributed by atoms with Crippen molar-refractivity contribution in [3.63, 3.8) is 0 Å². The predicted molar refractivity (Wildman–Crippen MR) is 104 cm³/mol. The topological polar surface area (TPSA) is 3.24 Å². The van der Waals surface area contributed by atoms with Crippen molar-refractivity contribution in [2.24, 2.45) is 0 Å². The molecular formula is C18H12Cl2IN. The van der Waals surface area contributed by atoms with E-state index in [-0.39, 0.29) is 0 Å². The van der Waals surface area contributed by atoms with Crippen molar-refractivity contribution in [2.75, 3.05) is 4.90 Å². The van der Waals surface area contributed by atoms with Crippen molar-refractivity contribution in [1.82, 2.24) is 0 Å². The van der Waals surface area contributed by atoms with Gasteiger partial charge in [0.1, 0.15) is 0 Å². The number of benzene rings is 3. The third-order valence-corrected chi connectivity index (χ3v) is 4.48. The first-order valence-corrected chi connectivity index (χ1v) is 8.54. The lowest BCUT2D eigenvalue weighted by molar-refractivity contribution is 1.28. The average molecular weight is 440 g/mol. The van der Waals surface area contributed by atoms with Gasteiger partial charge in [0.15, 0.2) is 0 Å². The molecule has 0 aliphatic rings. The van der Waals surface area contributed by atoms with Gasteiger partial charge in [0.2, 0.25) is 0 Å². The fourth-order valence-electron chi connectivity index (χ4n) is 2.22. The Bertz CT molecular complexity index is 644. The normalized spacial score (nSPS) is 10.5. The Kier molecular flexibility index (Phi) is 4.91. The van der Waals surface area contributed by atoms with E-state index in [4.69, 9.17) is 23.2 Å². The third-order valence-electron chi connectivity index (χ3n) is 3.25. The minimum absolute atomic E-state index is 0.724. The van der Waals surface area contributed by atoms with Crippen LogP contribution in [-0.4, -0.2) is 0 Å². The van der Waals surface area contributed by atoms with Crippen LogP contribution in [0.1, 0.15) is 0 Å². The zero-order chi connectivity index (χ0) is 15.5. The van der Waals surface area contributed by atoms with Crippen LogP contribution in [-0.2, 0) is 0 Å². The highest BCUT2D eigenvalue weighted by Crippen LogP contribution is 2.35. The lowest BCUT2D eigenvalue weighted by atomic mass is 10.2. The molecule has 3 aromatic carbocycles. The maximum absolute atomic E-state index is 6.01. The maximum Gasteiger partial charge on any atom is 0.0462 e. The lowest BCUT2D eigenvalue weighted by Crippen LogP contribution is -2.09. The Morgan fingerprint density at radius 2 is 0.864 bits per heavy atom. The van der Waals surface area contributed by atoms with Crippen LogP contribution in [0.5, 0.6) is 0 Å². The highest BCUT2D eigenvalue weighted by atomic mass is 127. The number of nitrogens with zero attached hydrogens (tertiary/aromatic N) is 1. The molecule has 0 unspecified atom stereocenters. The molecule has 3 aromatic rings. The van der Waals surface area contributed by atoms with E-state index in [0.717, 1.165) is 27.1 Å². The number of hydrogen-bond donors (Lipinski definition) is 0. The van der Waals surface area contributed by atoms with Crippen LogP contribution in [0.15, 0.2) is 72.8 Å². The SMILES string of the molecule is Clc1ccc(N(c2ccc(Cl)cc2)c2ccc(I)cc2)cc1. The fourth-order valence-corrected chi connectivity index (χ4v) is 2.83. The molecule has 4 heteroatoms. The molecule has 1 nitrogen and oxygen atoms in total. The van der Waals surface area contributed by atoms with E-state index >= 15 is 0 Å². The second-order valence-corrected chi connectivity index (χ2v) is 6.88. The molecule has 0 fully saturated rings. The summed E-state index contributed by atoms with van der Waals surface area (Å²) in [6.07, 6.45) is 0. The molecule has 0 spiro atoms. The van der Waals surface area contributed by atoms with Crippen molar-refractivity contribution in [2.45, 2.75) is 0 Å². The van der Waals surface area contributed by atoms with Gasteiger partial charge in [-0.3, -0.25) is 0 Å². The van der Waals surface area contributed by atoms with Crippen LogP contribution < -0.4 is 4.90 Å². The van der Waals surface area contributed by atoms with Crippen molar-refractivity contribution < 1.29 is 0 Å². The molecule has 0 radical (unpaired) electrons. The number of rotatable bonds is 3. The van der Waals surface area contributed by atoms with Gasteiger partial charge in [-0.25, -0.2) is 0 Å². The first-order chi connectivity index (χ1) is 10.6. The Hall–Kier alpha value is -1.23. The molecule has 0 N–H and O–H groups in total. The number of anilines is 3. The summed E-state index contributed by atoms with van der Waals surface area (Å²) < 4.78 is 1.20. The van der Waals surface area contributed by atoms with Crippen LogP contribution in [0.25, 0.3) is 0 Å². The van der Waals surface area contributed by atoms with Crippen LogP contribution in [0.2, 0.25) is 10.0 Å². The van der Waals surface area contributed by atoms with Gasteiger partial charge in [0.25, 0.3) is 0 Å². The van der Waals surface area contributed by atoms with Gasteiger partial charge in [0.05, 0.1) is 0 Å². The van der Waals surface area contributed by atoms with Crippen molar-refractivity contribution in [1.29, 1.82) is 0 Å². The van der Waals surface area contributed by atoms with E-state index in [1.165, 1.54) is 3.57 Å². The van der Waals surface area contributed by atoms with Crippen molar-refractivity contribution in [3.05, 3.63) is 86.4 Å². The summed E-state index contributed by atoms with van der Waals surface area (Å²) in [7, 11) is 0. The molecule has 0 saturated carbocycles. The molecule has 0 aromatic heterocycles. The maximum atomic E-state index is 6.01. The predicted octanol–water partition coefficient (Wildman–Crippen LogP) is 7.07. The molecule has 110 valence electrons. The Morgan fingerprint density at radius 1 is 0.545 bits per heavy atom. The van der Waals surface area contributed by atoms with E-state index in [1.807, 2.05) is 48.5 Å². The minimum Gasteiger partial charge on any atom is -0.311 e. The summed E-state index contributed by atoms with van der Waals surface area (Å²) in [5.41, 5.74) is 3.19. The third kappa shape index (κ3) is 3.57. The average Bonchev–Trinajstić information content (AvgIpc) is 2.53. The van der Waals surface area contributed by atoms with Gasteiger partial charge < -0.3 is 4.90 Å². The Morgan fingerprint density at radius 3 is 1.23 bits per heavy atom. The van der Waals surface area contributed by atoms with Gasteiger partial charge in [-0.1, -0.05) is 23.2 Å². The van der Waals surface area contributed by atoms with Crippen LogP contribution in [0.3, 0.4) is 0 Å². The molecule has 0 atom stereocenters. The first kappa shape index (κ1) is 15.7. The molecule has 0 aliphatic heterocycles. The molecule has 22 heavy (non-hydrogen) atoms. The summed E-state index contributed by atoms with van der Waals surface area (Å²) in [6.45, 7) is 0. The summed E-state index contributed by atoms with van der Waals surface area (Å²) in [6, 6.07) is 24.0. The number of hydrogen-bond acceptors (Lipinski definition) is 1. The van der Waals surface area contributed by atoms with Gasteiger partial charge in [-0.15, -0.1) is 0 Å². The van der Waals surface area contributed by atoms with Gasteiger partial charge in [-0.05, 0) is 95.4 Å². The van der Waals surface area contributed by atoms with Gasteiger partial charge in [0, 0.05) is 30.7 Å². The summed E-state index contributed by atoms with van der Waals surface area (Å²) in [4.78, 5) is 2.17. The van der Waals surface area contributed by atoms with Gasteiger partial charge >= 0.3 is 0 Å². The number of halogens is 3. The minimum atomic E-state index is 0.724. The van der Waals surface area contributed by atoms with Crippen LogP contribution in [0, 0.1) is 3.57 Å². The second kappa shape index (κ2) is 6.90. The molecule has 0 aliphatic carbocycles. The first-order valence-electron chi connectivity index (χ1n) is 6.70. The molecule has 0 heterocycles. The summed E-state index contributed by atoms with van der Waals surface area (Å²) in [5.74, 6) is 0. The summed E-state index contributed by atoms with van der Waals surface area (Å²) in [5, 5.41) is 1.45. The fraction of sp³-hybridized carbons (Fsp3) is 0. The van der Waals surface area contributed by atoms with E-state index in [2.05, 4.69) is 51.8 Å². The zero-order valence-corrected chi connectivity index (χ0v) is 15.2. The highest BCUT2D eigenvalue weighted by molar-refractivity contribution is 14.1. The largest absolute Gasteiger partial charge is 0.311 e. The lowest BCUT2D eigenvalue weighted by Gasteiger charge is -2.25. The zero-order valence-electron chi connectivity index (χ0n) is 11.5. The summed E-state index contributed by atoms with van der Waals surface area (Å²) >= 11 is 14.3. The van der Waals surface area contributed by atoms with Gasteiger partial charge in [-0.2, -0.15) is 0 Å². The quantitative estimate of drug-likeness (QED) is 0.394. The second-order valence-electron chi connectivity index (χ2n) is 4.76. The van der Waals surface area contributed by atoms with E-state index in [9.17, 15) is 0 Å². The van der Waals surface area contributed by atoms with Crippen LogP contribution >= 0.6 is 45.8 Å². The smallest absolute Gasteiger partial charge is 0.0462 e. The highest BCUT2D eigenvalue weighted by Gasteiger charge is 2.12. The molecular weight excluding hydrogens is 428 g/mol. The monoisotopic (exact) mass is 439 g/mol. The standard InChI is InChI=1S/C18H12Cl2IN/c19-13-1-7-16(8-2-13)22(17-9-3-14(20)4-10-17)18-11-5-15(21)6-12-18/h1-12H. The van der Waals surface area contributed by atoms with Crippen molar-refractivity contribution in [3.8, 4) is 0 Å². The van der Waals surface area contributed by atoms with Crippen LogP contribution in [0.4, 0.5) is 17.1 Å². The van der Waals surface area contributed by atoms with E-state index in [1.54, 1.807) is 0 Å². The van der Waals surface area contributed by atoms with E-state index in [0.29, 0.717) is 0 Å². The van der Waals surface area contributed by atoms with Crippen molar-refractivity contribution >= 4 is 62.9 Å². The molecule has 3 rings (SSSR count). The van der Waals surface area contributed by atoms with E-state index < -0.39 is 0 Å². The Balaban J connectivity index is 2.10. The Labute approximate surface area is 153 Å². The molecule has 0 amide bonds. The molecule has 0 bridgehead atoms. The molecule has 0 saturated heterocycles.